The Kier molecular flexibility index (Phi) is 4.51. The van der Waals surface area contributed by atoms with Crippen LogP contribution in [0.25, 0.3) is 11.0 Å². The maximum absolute atomic E-state index is 5.78. The number of H-pyrrole nitrogens is 1. The molecule has 0 amide bonds. The van der Waals surface area contributed by atoms with Crippen LogP contribution in [-0.4, -0.2) is 22.3 Å². The van der Waals surface area contributed by atoms with Crippen LogP contribution >= 0.6 is 27.7 Å². The number of aryl methyl sites for hydroxylation is 1. The molecule has 0 bridgehead atoms. The molecule has 3 rings (SSSR count). The van der Waals surface area contributed by atoms with Crippen LogP contribution in [0.4, 0.5) is 0 Å². The van der Waals surface area contributed by atoms with Crippen LogP contribution in [-0.2, 0) is 0 Å². The molecule has 0 unspecified atom stereocenters. The zero-order valence-corrected chi connectivity index (χ0v) is 14.0. The summed E-state index contributed by atoms with van der Waals surface area (Å²) in [4.78, 5) is 7.86. The van der Waals surface area contributed by atoms with Crippen molar-refractivity contribution in [1.82, 2.24) is 9.97 Å². The smallest absolute Gasteiger partial charge is 0.166 e. The van der Waals surface area contributed by atoms with E-state index in [0.717, 1.165) is 37.7 Å². The highest BCUT2D eigenvalue weighted by molar-refractivity contribution is 9.10. The molecule has 0 spiro atoms. The topological polar surface area (TPSA) is 37.9 Å². The number of nitrogens with one attached hydrogen (secondary N) is 1. The Balaban J connectivity index is 1.56. The van der Waals surface area contributed by atoms with Gasteiger partial charge in [-0.3, -0.25) is 0 Å². The predicted octanol–water partition coefficient (Wildman–Crippen LogP) is 4.80. The average molecular weight is 363 g/mol. The van der Waals surface area contributed by atoms with Gasteiger partial charge in [-0.2, -0.15) is 0 Å². The maximum atomic E-state index is 5.78. The standard InChI is InChI=1S/C16H15BrN2OS/c1-11-4-2-3-5-15(11)20-8-9-21-16-18-13-7-6-12(17)10-14(13)19-16/h2-7,10H,8-9H2,1H3,(H,18,19). The highest BCUT2D eigenvalue weighted by Crippen LogP contribution is 2.23. The van der Waals surface area contributed by atoms with Crippen molar-refractivity contribution in [2.24, 2.45) is 0 Å². The van der Waals surface area contributed by atoms with Gasteiger partial charge in [0.2, 0.25) is 0 Å². The lowest BCUT2D eigenvalue weighted by molar-refractivity contribution is 0.341. The molecular weight excluding hydrogens is 348 g/mol. The molecule has 0 aliphatic heterocycles. The first-order chi connectivity index (χ1) is 10.2. The SMILES string of the molecule is Cc1ccccc1OCCSc1nc2ccc(Br)cc2[nH]1. The van der Waals surface area contributed by atoms with E-state index in [4.69, 9.17) is 4.74 Å². The first-order valence-electron chi connectivity index (χ1n) is 6.69. The van der Waals surface area contributed by atoms with Gasteiger partial charge in [-0.25, -0.2) is 4.98 Å². The van der Waals surface area contributed by atoms with Crippen molar-refractivity contribution in [2.45, 2.75) is 12.1 Å². The van der Waals surface area contributed by atoms with Crippen LogP contribution in [0, 0.1) is 6.92 Å². The number of hydrogen-bond acceptors (Lipinski definition) is 3. The largest absolute Gasteiger partial charge is 0.492 e. The quantitative estimate of drug-likeness (QED) is 0.522. The van der Waals surface area contributed by atoms with E-state index < -0.39 is 0 Å². The van der Waals surface area contributed by atoms with Gasteiger partial charge in [-0.1, -0.05) is 45.9 Å². The monoisotopic (exact) mass is 362 g/mol. The van der Waals surface area contributed by atoms with E-state index in [-0.39, 0.29) is 0 Å². The first-order valence-corrected chi connectivity index (χ1v) is 8.47. The van der Waals surface area contributed by atoms with Gasteiger partial charge in [0, 0.05) is 10.2 Å². The molecule has 1 N–H and O–H groups in total. The summed E-state index contributed by atoms with van der Waals surface area (Å²) >= 11 is 5.13. The summed E-state index contributed by atoms with van der Waals surface area (Å²) in [7, 11) is 0. The number of fused-ring (bicyclic) bond motifs is 1. The Bertz CT molecular complexity index is 757. The van der Waals surface area contributed by atoms with Crippen molar-refractivity contribution >= 4 is 38.7 Å². The average Bonchev–Trinajstić information content (AvgIpc) is 2.87. The van der Waals surface area contributed by atoms with Crippen molar-refractivity contribution in [2.75, 3.05) is 12.4 Å². The number of para-hydroxylation sites is 1. The van der Waals surface area contributed by atoms with Gasteiger partial charge in [-0.05, 0) is 36.8 Å². The van der Waals surface area contributed by atoms with Crippen LogP contribution in [0.2, 0.25) is 0 Å². The fourth-order valence-corrected chi connectivity index (χ4v) is 3.10. The molecule has 0 aliphatic carbocycles. The Morgan fingerprint density at radius 3 is 2.95 bits per heavy atom. The van der Waals surface area contributed by atoms with Crippen LogP contribution in [0.15, 0.2) is 52.1 Å². The minimum Gasteiger partial charge on any atom is -0.492 e. The van der Waals surface area contributed by atoms with Crippen LogP contribution < -0.4 is 4.74 Å². The summed E-state index contributed by atoms with van der Waals surface area (Å²) in [6.45, 7) is 2.72. The lowest BCUT2D eigenvalue weighted by atomic mass is 10.2. The molecule has 0 atom stereocenters. The first kappa shape index (κ1) is 14.5. The number of aromatic amines is 1. The summed E-state index contributed by atoms with van der Waals surface area (Å²) in [5.41, 5.74) is 3.20. The highest BCUT2D eigenvalue weighted by atomic mass is 79.9. The summed E-state index contributed by atoms with van der Waals surface area (Å²) in [5.74, 6) is 1.81. The number of nitrogens with zero attached hydrogens (tertiary/aromatic N) is 1. The van der Waals surface area contributed by atoms with E-state index >= 15 is 0 Å². The Morgan fingerprint density at radius 2 is 2.10 bits per heavy atom. The zero-order chi connectivity index (χ0) is 14.7. The Morgan fingerprint density at radius 1 is 1.24 bits per heavy atom. The van der Waals surface area contributed by atoms with E-state index in [9.17, 15) is 0 Å². The molecule has 0 radical (unpaired) electrons. The van der Waals surface area contributed by atoms with E-state index in [1.54, 1.807) is 11.8 Å². The van der Waals surface area contributed by atoms with Crippen molar-refractivity contribution < 1.29 is 4.74 Å². The number of rotatable bonds is 5. The fourth-order valence-electron chi connectivity index (χ4n) is 2.04. The second-order valence-electron chi connectivity index (χ2n) is 4.67. The van der Waals surface area contributed by atoms with Crippen LogP contribution in [0.3, 0.4) is 0 Å². The summed E-state index contributed by atoms with van der Waals surface area (Å²) in [6.07, 6.45) is 0. The van der Waals surface area contributed by atoms with Gasteiger partial charge < -0.3 is 9.72 Å². The van der Waals surface area contributed by atoms with Crippen molar-refractivity contribution in [3.63, 3.8) is 0 Å². The molecule has 3 aromatic rings. The molecule has 0 saturated heterocycles. The van der Waals surface area contributed by atoms with Gasteiger partial charge in [-0.15, -0.1) is 0 Å². The number of benzene rings is 2. The lowest BCUT2D eigenvalue weighted by Crippen LogP contribution is -2.01. The second-order valence-corrected chi connectivity index (χ2v) is 6.67. The third-order valence-electron chi connectivity index (χ3n) is 3.10. The minimum atomic E-state index is 0.663. The molecule has 0 fully saturated rings. The number of halogens is 1. The van der Waals surface area contributed by atoms with E-state index in [2.05, 4.69) is 38.9 Å². The van der Waals surface area contributed by atoms with Crippen molar-refractivity contribution in [3.8, 4) is 5.75 Å². The maximum Gasteiger partial charge on any atom is 0.166 e. The predicted molar refractivity (Wildman–Crippen MR) is 91.2 cm³/mol. The summed E-state index contributed by atoms with van der Waals surface area (Å²) in [5, 5.41) is 0.927. The van der Waals surface area contributed by atoms with Crippen LogP contribution in [0.1, 0.15) is 5.56 Å². The summed E-state index contributed by atoms with van der Waals surface area (Å²) in [6, 6.07) is 14.1. The van der Waals surface area contributed by atoms with Gasteiger partial charge in [0.15, 0.2) is 5.16 Å². The lowest BCUT2D eigenvalue weighted by Gasteiger charge is -2.07. The number of ether oxygens (including phenoxy) is 1. The van der Waals surface area contributed by atoms with Crippen LogP contribution in [0.5, 0.6) is 5.75 Å². The number of thioether (sulfide) groups is 1. The van der Waals surface area contributed by atoms with Gasteiger partial charge in [0.25, 0.3) is 0 Å². The van der Waals surface area contributed by atoms with E-state index in [1.807, 2.05) is 36.4 Å². The normalized spacial score (nSPS) is 11.0. The third-order valence-corrected chi connectivity index (χ3v) is 4.43. The van der Waals surface area contributed by atoms with Gasteiger partial charge in [0.05, 0.1) is 17.6 Å². The second kappa shape index (κ2) is 6.54. The molecule has 21 heavy (non-hydrogen) atoms. The number of aromatic nitrogens is 2. The van der Waals surface area contributed by atoms with Gasteiger partial charge in [0.1, 0.15) is 5.75 Å². The van der Waals surface area contributed by atoms with E-state index in [0.29, 0.717) is 6.61 Å². The molecule has 1 aromatic heterocycles. The Hall–Kier alpha value is -1.46. The minimum absolute atomic E-state index is 0.663. The molecule has 5 heteroatoms. The molecular formula is C16H15BrN2OS. The van der Waals surface area contributed by atoms with Crippen molar-refractivity contribution in [1.29, 1.82) is 0 Å². The van der Waals surface area contributed by atoms with E-state index in [1.165, 1.54) is 0 Å². The molecule has 1 heterocycles. The highest BCUT2D eigenvalue weighted by Gasteiger charge is 2.04. The molecule has 108 valence electrons. The molecule has 0 aliphatic rings. The van der Waals surface area contributed by atoms with Gasteiger partial charge >= 0.3 is 0 Å². The fraction of sp³-hybridized carbons (Fsp3) is 0.188. The molecule has 3 nitrogen and oxygen atoms in total. The Labute approximate surface area is 136 Å². The summed E-state index contributed by atoms with van der Waals surface area (Å²) < 4.78 is 6.84. The van der Waals surface area contributed by atoms with Crippen molar-refractivity contribution in [3.05, 3.63) is 52.5 Å². The third kappa shape index (κ3) is 3.60. The molecule has 2 aromatic carbocycles. The number of hydrogen-bond donors (Lipinski definition) is 1. The zero-order valence-electron chi connectivity index (χ0n) is 11.6. The number of imidazole rings is 1. The molecule has 0 saturated carbocycles.